The summed E-state index contributed by atoms with van der Waals surface area (Å²) in [6, 6.07) is 24.4. The minimum Gasteiger partial charge on any atom is -0.494 e. The van der Waals surface area contributed by atoms with Crippen LogP contribution in [0.1, 0.15) is 45.0 Å². The van der Waals surface area contributed by atoms with Gasteiger partial charge in [0.2, 0.25) is 0 Å². The van der Waals surface area contributed by atoms with Gasteiger partial charge in [0, 0.05) is 41.9 Å². The minimum absolute atomic E-state index is 0.617. The Kier molecular flexibility index (Phi) is 10.9. The summed E-state index contributed by atoms with van der Waals surface area (Å²) in [5.41, 5.74) is 4.34. The van der Waals surface area contributed by atoms with Crippen molar-refractivity contribution in [2.75, 3.05) is 32.8 Å². The number of halogens is 1. The third-order valence-electron chi connectivity index (χ3n) is 6.87. The van der Waals surface area contributed by atoms with Crippen LogP contribution in [0.2, 0.25) is 5.02 Å². The van der Waals surface area contributed by atoms with Crippen molar-refractivity contribution in [3.05, 3.63) is 95.4 Å². The lowest BCUT2D eigenvalue weighted by Gasteiger charge is -2.17. The first-order valence-electron chi connectivity index (χ1n) is 14.1. The Hall–Kier alpha value is -3.28. The highest BCUT2D eigenvalue weighted by molar-refractivity contribution is 6.30. The van der Waals surface area contributed by atoms with Crippen molar-refractivity contribution in [1.82, 2.24) is 14.5 Å². The molecule has 0 aliphatic rings. The predicted octanol–water partition coefficient (Wildman–Crippen LogP) is 7.88. The van der Waals surface area contributed by atoms with E-state index >= 15 is 0 Å². The summed E-state index contributed by atoms with van der Waals surface area (Å²) in [6.45, 7) is 11.2. The first-order valence-corrected chi connectivity index (χ1v) is 14.5. The number of aromatic nitrogens is 2. The zero-order valence-corrected chi connectivity index (χ0v) is 24.2. The lowest BCUT2D eigenvalue weighted by molar-refractivity contribution is 0.249. The number of nitrogens with zero attached hydrogens (tertiary/aromatic N) is 3. The topological polar surface area (TPSA) is 39.5 Å². The third-order valence-corrected chi connectivity index (χ3v) is 7.12. The van der Waals surface area contributed by atoms with E-state index in [4.69, 9.17) is 26.1 Å². The molecular formula is C33H40ClN3O2. The molecule has 0 fully saturated rings. The van der Waals surface area contributed by atoms with Crippen molar-refractivity contribution >= 4 is 11.6 Å². The molecule has 0 saturated heterocycles. The van der Waals surface area contributed by atoms with Crippen molar-refractivity contribution in [2.45, 2.75) is 46.5 Å². The molecular weight excluding hydrogens is 506 g/mol. The zero-order valence-electron chi connectivity index (χ0n) is 23.4. The fourth-order valence-electron chi connectivity index (χ4n) is 4.56. The quantitative estimate of drug-likeness (QED) is 0.142. The van der Waals surface area contributed by atoms with E-state index in [1.54, 1.807) is 0 Å². The molecule has 39 heavy (non-hydrogen) atoms. The monoisotopic (exact) mass is 545 g/mol. The van der Waals surface area contributed by atoms with Crippen molar-refractivity contribution in [3.63, 3.8) is 0 Å². The van der Waals surface area contributed by atoms with Gasteiger partial charge in [-0.05, 0) is 92.2 Å². The molecule has 0 N–H and O–H groups in total. The number of benzene rings is 3. The summed E-state index contributed by atoms with van der Waals surface area (Å²) in [5, 5.41) is 0.753. The van der Waals surface area contributed by atoms with Crippen LogP contribution >= 0.6 is 11.6 Å². The van der Waals surface area contributed by atoms with E-state index in [9.17, 15) is 0 Å². The summed E-state index contributed by atoms with van der Waals surface area (Å²) >= 11 is 5.97. The highest BCUT2D eigenvalue weighted by Crippen LogP contribution is 2.26. The second-order valence-electron chi connectivity index (χ2n) is 9.63. The van der Waals surface area contributed by atoms with E-state index in [1.165, 1.54) is 5.56 Å². The molecule has 0 aliphatic carbocycles. The van der Waals surface area contributed by atoms with Gasteiger partial charge in [0.25, 0.3) is 0 Å². The number of hydrogen-bond acceptors (Lipinski definition) is 4. The van der Waals surface area contributed by atoms with Gasteiger partial charge in [-0.2, -0.15) is 0 Å². The van der Waals surface area contributed by atoms with Crippen LogP contribution in [0.5, 0.6) is 11.5 Å². The molecule has 4 rings (SSSR count). The molecule has 1 heterocycles. The second kappa shape index (κ2) is 14.8. The molecule has 0 atom stereocenters. The number of hydrogen-bond donors (Lipinski definition) is 0. The number of ether oxygens (including phenoxy) is 2. The van der Waals surface area contributed by atoms with E-state index in [1.807, 2.05) is 36.4 Å². The molecule has 206 valence electrons. The Morgan fingerprint density at radius 3 is 2.05 bits per heavy atom. The van der Waals surface area contributed by atoms with Crippen molar-refractivity contribution < 1.29 is 9.47 Å². The van der Waals surface area contributed by atoms with E-state index < -0.39 is 0 Å². The fourth-order valence-corrected chi connectivity index (χ4v) is 4.69. The first kappa shape index (κ1) is 28.7. The molecule has 0 bridgehead atoms. The minimum atomic E-state index is 0.617. The van der Waals surface area contributed by atoms with Gasteiger partial charge in [0.05, 0.1) is 18.9 Å². The molecule has 0 saturated carbocycles. The lowest BCUT2D eigenvalue weighted by atomic mass is 10.1. The van der Waals surface area contributed by atoms with Crippen LogP contribution < -0.4 is 9.47 Å². The molecule has 0 spiro atoms. The smallest absolute Gasteiger partial charge is 0.119 e. The van der Waals surface area contributed by atoms with E-state index in [0.29, 0.717) is 6.61 Å². The number of aryl methyl sites for hydroxylation is 1. The van der Waals surface area contributed by atoms with Crippen LogP contribution in [0, 0.1) is 0 Å². The zero-order chi connectivity index (χ0) is 27.5. The maximum absolute atomic E-state index is 5.99. The number of imidazole rings is 1. The Morgan fingerprint density at radius 2 is 1.41 bits per heavy atom. The maximum Gasteiger partial charge on any atom is 0.119 e. The SMILES string of the molecule is CCCc1nc(-c2ccc(OCCc3ccc(Cl)cc3)cc2)cn1-c1ccc(OCCCN(CC)CC)cc1. The highest BCUT2D eigenvalue weighted by Gasteiger charge is 2.11. The van der Waals surface area contributed by atoms with Gasteiger partial charge in [0.1, 0.15) is 17.3 Å². The Morgan fingerprint density at radius 1 is 0.769 bits per heavy atom. The summed E-state index contributed by atoms with van der Waals surface area (Å²) in [6.07, 6.45) is 5.94. The molecule has 4 aromatic rings. The maximum atomic E-state index is 5.99. The molecule has 6 heteroatoms. The largest absolute Gasteiger partial charge is 0.494 e. The summed E-state index contributed by atoms with van der Waals surface area (Å²) in [4.78, 5) is 7.39. The van der Waals surface area contributed by atoms with Crippen LogP contribution in [0.25, 0.3) is 16.9 Å². The standard InChI is InChI=1S/C33H40ClN3O2/c1-4-8-33-35-32(27-11-17-30(18-12-27)39-24-21-26-9-13-28(34)14-10-26)25-37(33)29-15-19-31(20-16-29)38-23-7-22-36(5-2)6-3/h9-20,25H,4-8,21-24H2,1-3H3. The van der Waals surface area contributed by atoms with Crippen molar-refractivity contribution in [1.29, 1.82) is 0 Å². The van der Waals surface area contributed by atoms with Gasteiger partial charge in [-0.25, -0.2) is 4.98 Å². The first-order chi connectivity index (χ1) is 19.1. The third kappa shape index (κ3) is 8.35. The van der Waals surface area contributed by atoms with Gasteiger partial charge in [-0.3, -0.25) is 0 Å². The van der Waals surface area contributed by atoms with E-state index in [-0.39, 0.29) is 0 Å². The van der Waals surface area contributed by atoms with Crippen LogP contribution in [0.4, 0.5) is 0 Å². The summed E-state index contributed by atoms with van der Waals surface area (Å²) < 4.78 is 14.1. The van der Waals surface area contributed by atoms with Gasteiger partial charge < -0.3 is 18.9 Å². The van der Waals surface area contributed by atoms with Gasteiger partial charge in [-0.1, -0.05) is 44.5 Å². The normalized spacial score (nSPS) is 11.2. The van der Waals surface area contributed by atoms with Crippen molar-refractivity contribution in [2.24, 2.45) is 0 Å². The van der Waals surface area contributed by atoms with Crippen LogP contribution in [-0.2, 0) is 12.8 Å². The Bertz CT molecular complexity index is 1260. The molecule has 0 radical (unpaired) electrons. The van der Waals surface area contributed by atoms with Gasteiger partial charge in [0.15, 0.2) is 0 Å². The average Bonchev–Trinajstić information content (AvgIpc) is 3.39. The number of rotatable bonds is 15. The Labute approximate surface area is 238 Å². The molecule has 1 aromatic heterocycles. The second-order valence-corrected chi connectivity index (χ2v) is 10.1. The summed E-state index contributed by atoms with van der Waals surface area (Å²) in [7, 11) is 0. The molecule has 3 aromatic carbocycles. The molecule has 0 aliphatic heterocycles. The molecule has 0 amide bonds. The van der Waals surface area contributed by atoms with E-state index in [0.717, 1.165) is 91.2 Å². The summed E-state index contributed by atoms with van der Waals surface area (Å²) in [5.74, 6) is 2.82. The molecule has 0 unspecified atom stereocenters. The average molecular weight is 546 g/mol. The van der Waals surface area contributed by atoms with Crippen LogP contribution in [-0.4, -0.2) is 47.3 Å². The molecule has 5 nitrogen and oxygen atoms in total. The predicted molar refractivity (Wildman–Crippen MR) is 162 cm³/mol. The van der Waals surface area contributed by atoms with Crippen molar-refractivity contribution in [3.8, 4) is 28.4 Å². The fraction of sp³-hybridized carbons (Fsp3) is 0.364. The highest BCUT2D eigenvalue weighted by atomic mass is 35.5. The Balaban J connectivity index is 1.37. The van der Waals surface area contributed by atoms with Crippen LogP contribution in [0.15, 0.2) is 79.0 Å². The van der Waals surface area contributed by atoms with Gasteiger partial charge in [-0.15, -0.1) is 0 Å². The van der Waals surface area contributed by atoms with Gasteiger partial charge >= 0.3 is 0 Å². The van der Waals surface area contributed by atoms with E-state index in [2.05, 4.69) is 72.8 Å². The lowest BCUT2D eigenvalue weighted by Crippen LogP contribution is -2.25. The van der Waals surface area contributed by atoms with Crippen LogP contribution in [0.3, 0.4) is 0 Å².